The van der Waals surface area contributed by atoms with Crippen LogP contribution in [0.25, 0.3) is 0 Å². The highest BCUT2D eigenvalue weighted by Gasteiger charge is 2.31. The molecule has 0 unspecified atom stereocenters. The highest BCUT2D eigenvalue weighted by atomic mass is 33.1. The van der Waals surface area contributed by atoms with Gasteiger partial charge in [-0.2, -0.15) is 0 Å². The molecule has 0 bridgehead atoms. The van der Waals surface area contributed by atoms with Crippen LogP contribution in [0.5, 0.6) is 0 Å². The van der Waals surface area contributed by atoms with E-state index >= 15 is 0 Å². The second kappa shape index (κ2) is 9.12. The quantitative estimate of drug-likeness (QED) is 0.724. The van der Waals surface area contributed by atoms with Gasteiger partial charge in [0, 0.05) is 11.9 Å². The summed E-state index contributed by atoms with van der Waals surface area (Å²) in [6.07, 6.45) is 4.24. The van der Waals surface area contributed by atoms with Gasteiger partial charge in [-0.3, -0.25) is 5.32 Å². The number of aliphatic hydroxyl groups excluding tert-OH is 1. The van der Waals surface area contributed by atoms with Gasteiger partial charge in [0.05, 0.1) is 11.9 Å². The Morgan fingerprint density at radius 2 is 2.08 bits per heavy atom. The molecule has 1 aliphatic rings. The van der Waals surface area contributed by atoms with Crippen molar-refractivity contribution in [1.82, 2.24) is 4.98 Å². The number of hydrogen-bond acceptors (Lipinski definition) is 6. The molecule has 2 aromatic rings. The number of benzene rings is 1. The summed E-state index contributed by atoms with van der Waals surface area (Å²) in [4.78, 5) is 16.4. The van der Waals surface area contributed by atoms with Crippen LogP contribution in [0.15, 0.2) is 53.7 Å². The molecule has 1 aromatic carbocycles. The number of nitrogens with zero attached hydrogens (tertiary/aromatic N) is 1. The van der Waals surface area contributed by atoms with Gasteiger partial charge in [-0.05, 0) is 59.9 Å². The molecule has 0 aliphatic heterocycles. The number of carbonyl (C=O) groups is 1. The fraction of sp³-hybridized carbons (Fsp3) is 0.333. The average Bonchev–Trinajstić information content (AvgIpc) is 3.08. The lowest BCUT2D eigenvalue weighted by Crippen LogP contribution is -2.26. The largest absolute Gasteiger partial charge is 0.445 e. The molecule has 2 atom stereocenters. The molecular formula is C18H20N2O3S2. The molecule has 3 rings (SSSR count). The summed E-state index contributed by atoms with van der Waals surface area (Å²) < 4.78 is 5.62. The van der Waals surface area contributed by atoms with Gasteiger partial charge in [-0.15, -0.1) is 0 Å². The van der Waals surface area contributed by atoms with Crippen LogP contribution in [0.3, 0.4) is 0 Å². The van der Waals surface area contributed by atoms with E-state index in [2.05, 4.69) is 10.3 Å². The molecule has 0 radical (unpaired) electrons. The SMILES string of the molecule is O=C(Nc1ccc(CO)cc1)O[C@@H]1CCC[C@H]1SSc1ccccn1. The Morgan fingerprint density at radius 3 is 2.80 bits per heavy atom. The van der Waals surface area contributed by atoms with E-state index in [0.29, 0.717) is 5.69 Å². The number of aliphatic hydroxyl groups is 1. The summed E-state index contributed by atoms with van der Waals surface area (Å²) in [7, 11) is 3.35. The fourth-order valence-corrected chi connectivity index (χ4v) is 5.28. The Labute approximate surface area is 155 Å². The third kappa shape index (κ3) is 5.39. The lowest BCUT2D eigenvalue weighted by molar-refractivity contribution is 0.117. The average molecular weight is 377 g/mol. The summed E-state index contributed by atoms with van der Waals surface area (Å²) >= 11 is 0. The molecule has 0 saturated heterocycles. The van der Waals surface area contributed by atoms with Crippen molar-refractivity contribution in [2.24, 2.45) is 0 Å². The van der Waals surface area contributed by atoms with Gasteiger partial charge in [0.25, 0.3) is 0 Å². The first-order valence-corrected chi connectivity index (χ1v) is 10.4. The van der Waals surface area contributed by atoms with E-state index < -0.39 is 6.09 Å². The minimum atomic E-state index is -0.433. The van der Waals surface area contributed by atoms with Gasteiger partial charge >= 0.3 is 6.09 Å². The maximum atomic E-state index is 12.1. The van der Waals surface area contributed by atoms with Crippen LogP contribution >= 0.6 is 21.6 Å². The van der Waals surface area contributed by atoms with Crippen molar-refractivity contribution < 1.29 is 14.6 Å². The predicted octanol–water partition coefficient (Wildman–Crippen LogP) is 4.48. The van der Waals surface area contributed by atoms with Crippen molar-refractivity contribution in [3.05, 3.63) is 54.2 Å². The molecule has 1 heterocycles. The molecule has 7 heteroatoms. The summed E-state index contributed by atoms with van der Waals surface area (Å²) in [5.41, 5.74) is 1.46. The predicted molar refractivity (Wildman–Crippen MR) is 102 cm³/mol. The Kier molecular flexibility index (Phi) is 6.61. The topological polar surface area (TPSA) is 71.5 Å². The van der Waals surface area contributed by atoms with E-state index in [1.807, 2.05) is 18.2 Å². The molecule has 2 N–H and O–H groups in total. The maximum Gasteiger partial charge on any atom is 0.411 e. The second-order valence-corrected chi connectivity index (χ2v) is 8.20. The minimum absolute atomic E-state index is 0.0142. The van der Waals surface area contributed by atoms with Crippen molar-refractivity contribution in [3.63, 3.8) is 0 Å². The molecule has 132 valence electrons. The fourth-order valence-electron chi connectivity index (χ4n) is 2.62. The van der Waals surface area contributed by atoms with Gasteiger partial charge < -0.3 is 9.84 Å². The number of aromatic nitrogens is 1. The number of nitrogens with one attached hydrogen (secondary N) is 1. The van der Waals surface area contributed by atoms with Crippen LogP contribution in [0.1, 0.15) is 24.8 Å². The standard InChI is InChI=1S/C18H20N2O3S2/c21-12-13-7-9-14(10-8-13)20-18(22)23-15-4-3-5-16(15)24-25-17-6-1-2-11-19-17/h1-2,6-11,15-16,21H,3-5,12H2,(H,20,22)/t15-,16-/m1/s1. The van der Waals surface area contributed by atoms with Crippen LogP contribution < -0.4 is 5.32 Å². The third-order valence-electron chi connectivity index (χ3n) is 3.93. The van der Waals surface area contributed by atoms with Crippen molar-refractivity contribution in [2.45, 2.75) is 42.2 Å². The van der Waals surface area contributed by atoms with Gasteiger partial charge in [0.1, 0.15) is 11.1 Å². The van der Waals surface area contributed by atoms with Gasteiger partial charge in [0.2, 0.25) is 0 Å². The van der Waals surface area contributed by atoms with E-state index in [-0.39, 0.29) is 18.0 Å². The van der Waals surface area contributed by atoms with Crippen LogP contribution in [0, 0.1) is 0 Å². The number of ether oxygens (including phenoxy) is 1. The maximum absolute atomic E-state index is 12.1. The van der Waals surface area contributed by atoms with Crippen LogP contribution in [-0.4, -0.2) is 27.5 Å². The summed E-state index contributed by atoms with van der Waals surface area (Å²) in [5, 5.41) is 13.0. The molecule has 1 aliphatic carbocycles. The first-order valence-electron chi connectivity index (χ1n) is 8.16. The van der Waals surface area contributed by atoms with Gasteiger partial charge in [-0.25, -0.2) is 9.78 Å². The first kappa shape index (κ1) is 18.1. The lowest BCUT2D eigenvalue weighted by atomic mass is 10.2. The molecule has 1 amide bonds. The van der Waals surface area contributed by atoms with Crippen molar-refractivity contribution >= 4 is 33.4 Å². The van der Waals surface area contributed by atoms with E-state index in [0.717, 1.165) is 29.9 Å². The number of amides is 1. The third-order valence-corrected chi connectivity index (χ3v) is 6.77. The molecule has 25 heavy (non-hydrogen) atoms. The lowest BCUT2D eigenvalue weighted by Gasteiger charge is -2.19. The van der Waals surface area contributed by atoms with Crippen molar-refractivity contribution in [1.29, 1.82) is 0 Å². The summed E-state index contributed by atoms with van der Waals surface area (Å²) in [6.45, 7) is -0.0142. The number of hydrogen-bond donors (Lipinski definition) is 2. The number of pyridine rings is 1. The van der Waals surface area contributed by atoms with Gasteiger partial charge in [-0.1, -0.05) is 29.0 Å². The highest BCUT2D eigenvalue weighted by molar-refractivity contribution is 8.76. The molecule has 5 nitrogen and oxygen atoms in total. The van der Waals surface area contributed by atoms with E-state index in [9.17, 15) is 4.79 Å². The van der Waals surface area contributed by atoms with E-state index in [4.69, 9.17) is 9.84 Å². The number of anilines is 1. The molecule has 1 saturated carbocycles. The Morgan fingerprint density at radius 1 is 1.24 bits per heavy atom. The van der Waals surface area contributed by atoms with E-state index in [1.54, 1.807) is 52.1 Å². The monoisotopic (exact) mass is 376 g/mol. The zero-order chi connectivity index (χ0) is 17.5. The van der Waals surface area contributed by atoms with E-state index in [1.165, 1.54) is 0 Å². The van der Waals surface area contributed by atoms with Crippen LogP contribution in [-0.2, 0) is 11.3 Å². The molecule has 1 fully saturated rings. The molecular weight excluding hydrogens is 356 g/mol. The molecule has 1 aromatic heterocycles. The first-order chi connectivity index (χ1) is 12.2. The Bertz CT molecular complexity index is 682. The normalized spacial score (nSPS) is 19.6. The van der Waals surface area contributed by atoms with Gasteiger partial charge in [0.15, 0.2) is 0 Å². The number of carbonyl (C=O) groups excluding carboxylic acids is 1. The highest BCUT2D eigenvalue weighted by Crippen LogP contribution is 2.41. The zero-order valence-electron chi connectivity index (χ0n) is 13.6. The Balaban J connectivity index is 1.49. The Hall–Kier alpha value is -1.70. The van der Waals surface area contributed by atoms with Crippen LogP contribution in [0.4, 0.5) is 10.5 Å². The number of rotatable bonds is 6. The zero-order valence-corrected chi connectivity index (χ0v) is 15.3. The van der Waals surface area contributed by atoms with Crippen molar-refractivity contribution in [2.75, 3.05) is 5.32 Å². The molecule has 0 spiro atoms. The van der Waals surface area contributed by atoms with Crippen molar-refractivity contribution in [3.8, 4) is 0 Å². The summed E-state index contributed by atoms with van der Waals surface area (Å²) in [6, 6.07) is 12.9. The summed E-state index contributed by atoms with van der Waals surface area (Å²) in [5.74, 6) is 0. The minimum Gasteiger partial charge on any atom is -0.445 e. The smallest absolute Gasteiger partial charge is 0.411 e. The van der Waals surface area contributed by atoms with Crippen LogP contribution in [0.2, 0.25) is 0 Å². The second-order valence-electron chi connectivity index (χ2n) is 5.74.